The Hall–Kier alpha value is -3.26. The molecule has 0 radical (unpaired) electrons. The molecule has 0 spiro atoms. The predicted molar refractivity (Wildman–Crippen MR) is 107 cm³/mol. The lowest BCUT2D eigenvalue weighted by Gasteiger charge is -2.16. The van der Waals surface area contributed by atoms with Crippen molar-refractivity contribution >= 4 is 32.8 Å². The Morgan fingerprint density at radius 3 is 2.57 bits per heavy atom. The molecule has 8 heteroatoms. The fraction of sp³-hybridized carbons (Fsp3) is 0.100. The van der Waals surface area contributed by atoms with E-state index in [1.165, 1.54) is 31.4 Å². The first-order valence-corrected chi connectivity index (χ1v) is 10.0. The van der Waals surface area contributed by atoms with Gasteiger partial charge in [0, 0.05) is 6.54 Å². The number of benzene rings is 3. The van der Waals surface area contributed by atoms with E-state index in [9.17, 15) is 12.8 Å². The van der Waals surface area contributed by atoms with Gasteiger partial charge in [-0.1, -0.05) is 12.1 Å². The molecule has 0 aromatic heterocycles. The van der Waals surface area contributed by atoms with Crippen molar-refractivity contribution in [3.05, 3.63) is 72.0 Å². The largest absolute Gasteiger partial charge is 0.497 e. The molecular weight excluding hydrogens is 381 g/mol. The van der Waals surface area contributed by atoms with Gasteiger partial charge >= 0.3 is 0 Å². The highest BCUT2D eigenvalue weighted by atomic mass is 32.2. The summed E-state index contributed by atoms with van der Waals surface area (Å²) in [5.41, 5.74) is 3.16. The molecule has 0 saturated heterocycles. The van der Waals surface area contributed by atoms with Crippen LogP contribution >= 0.6 is 0 Å². The Morgan fingerprint density at radius 1 is 1.04 bits per heavy atom. The van der Waals surface area contributed by atoms with Crippen LogP contribution in [0.2, 0.25) is 0 Å². The number of nitrogens with one attached hydrogen (secondary N) is 3. The van der Waals surface area contributed by atoms with E-state index in [4.69, 9.17) is 4.74 Å². The van der Waals surface area contributed by atoms with E-state index in [2.05, 4.69) is 15.4 Å². The van der Waals surface area contributed by atoms with Crippen LogP contribution in [0.25, 0.3) is 0 Å². The van der Waals surface area contributed by atoms with Crippen LogP contribution in [0.3, 0.4) is 0 Å². The molecule has 0 bridgehead atoms. The van der Waals surface area contributed by atoms with E-state index in [0.29, 0.717) is 35.0 Å². The molecule has 0 unspecified atom stereocenters. The van der Waals surface area contributed by atoms with Crippen molar-refractivity contribution in [2.75, 3.05) is 22.5 Å². The Balaban J connectivity index is 1.69. The summed E-state index contributed by atoms with van der Waals surface area (Å²) in [5.74, 6) is 0.226. The van der Waals surface area contributed by atoms with Crippen molar-refractivity contribution < 1.29 is 17.5 Å². The Bertz CT molecular complexity index is 1130. The predicted octanol–water partition coefficient (Wildman–Crippen LogP) is 4.30. The zero-order valence-corrected chi connectivity index (χ0v) is 15.8. The van der Waals surface area contributed by atoms with Gasteiger partial charge in [0.25, 0.3) is 10.0 Å². The fourth-order valence-corrected chi connectivity index (χ4v) is 4.11. The maximum absolute atomic E-state index is 13.5. The minimum atomic E-state index is -3.79. The van der Waals surface area contributed by atoms with Gasteiger partial charge in [0.2, 0.25) is 0 Å². The van der Waals surface area contributed by atoms with Crippen molar-refractivity contribution in [1.29, 1.82) is 0 Å². The van der Waals surface area contributed by atoms with Crippen LogP contribution in [0.5, 0.6) is 5.75 Å². The van der Waals surface area contributed by atoms with Gasteiger partial charge in [-0.3, -0.25) is 4.72 Å². The monoisotopic (exact) mass is 399 g/mol. The third-order valence-corrected chi connectivity index (χ3v) is 5.86. The number of sulfonamides is 1. The number of methoxy groups -OCH3 is 1. The quantitative estimate of drug-likeness (QED) is 0.609. The Kier molecular flexibility index (Phi) is 4.56. The van der Waals surface area contributed by atoms with Gasteiger partial charge in [-0.15, -0.1) is 0 Å². The first-order chi connectivity index (χ1) is 13.5. The average molecular weight is 399 g/mol. The lowest BCUT2D eigenvalue weighted by atomic mass is 10.1. The number of halogens is 1. The molecule has 3 N–H and O–H groups in total. The summed E-state index contributed by atoms with van der Waals surface area (Å²) >= 11 is 0. The SMILES string of the molecule is COc1ccc(S(=O)(=O)Nc2cccc3c2Nc2ccc(F)cc2NC3)cc1. The van der Waals surface area contributed by atoms with Crippen LogP contribution in [-0.2, 0) is 16.6 Å². The van der Waals surface area contributed by atoms with Crippen LogP contribution < -0.4 is 20.1 Å². The second kappa shape index (κ2) is 7.05. The van der Waals surface area contributed by atoms with E-state index in [-0.39, 0.29) is 10.7 Å². The molecule has 1 aliphatic heterocycles. The maximum atomic E-state index is 13.5. The van der Waals surface area contributed by atoms with Gasteiger partial charge < -0.3 is 15.4 Å². The third-order valence-electron chi connectivity index (χ3n) is 4.48. The minimum Gasteiger partial charge on any atom is -0.497 e. The number of fused-ring (bicyclic) bond motifs is 2. The summed E-state index contributed by atoms with van der Waals surface area (Å²) in [4.78, 5) is 0.125. The van der Waals surface area contributed by atoms with E-state index < -0.39 is 10.0 Å². The van der Waals surface area contributed by atoms with E-state index >= 15 is 0 Å². The lowest BCUT2D eigenvalue weighted by molar-refractivity contribution is 0.414. The van der Waals surface area contributed by atoms with Gasteiger partial charge in [0.05, 0.1) is 34.8 Å². The Labute approximate surface area is 162 Å². The summed E-state index contributed by atoms with van der Waals surface area (Å²) in [6.07, 6.45) is 0. The molecule has 0 aliphatic carbocycles. The van der Waals surface area contributed by atoms with Crippen LogP contribution in [-0.4, -0.2) is 15.5 Å². The molecule has 6 nitrogen and oxygen atoms in total. The topological polar surface area (TPSA) is 79.5 Å². The molecule has 0 atom stereocenters. The van der Waals surface area contributed by atoms with Gasteiger partial charge in [-0.2, -0.15) is 0 Å². The molecule has 3 aromatic rings. The van der Waals surface area contributed by atoms with E-state index in [0.717, 1.165) is 5.56 Å². The normalized spacial score (nSPS) is 12.6. The number of hydrogen-bond acceptors (Lipinski definition) is 5. The molecule has 0 amide bonds. The molecule has 0 fully saturated rings. The summed E-state index contributed by atoms with van der Waals surface area (Å²) in [6, 6.07) is 15.8. The van der Waals surface area contributed by atoms with E-state index in [1.807, 2.05) is 6.07 Å². The van der Waals surface area contributed by atoms with Crippen LogP contribution in [0.4, 0.5) is 27.1 Å². The van der Waals surface area contributed by atoms with Crippen molar-refractivity contribution in [1.82, 2.24) is 0 Å². The summed E-state index contributed by atoms with van der Waals surface area (Å²) in [6.45, 7) is 0.427. The van der Waals surface area contributed by atoms with Gasteiger partial charge in [0.1, 0.15) is 11.6 Å². The first-order valence-electron chi connectivity index (χ1n) is 8.55. The van der Waals surface area contributed by atoms with Gasteiger partial charge in [-0.05, 0) is 54.1 Å². The van der Waals surface area contributed by atoms with Gasteiger partial charge in [-0.25, -0.2) is 12.8 Å². The third kappa shape index (κ3) is 3.46. The molecule has 1 aliphatic rings. The maximum Gasteiger partial charge on any atom is 0.261 e. The highest BCUT2D eigenvalue weighted by Crippen LogP contribution is 2.37. The molecular formula is C20H18FN3O3S. The number of hydrogen-bond donors (Lipinski definition) is 3. The molecule has 4 rings (SSSR count). The zero-order valence-electron chi connectivity index (χ0n) is 15.0. The highest BCUT2D eigenvalue weighted by molar-refractivity contribution is 7.92. The molecule has 144 valence electrons. The molecule has 1 heterocycles. The summed E-state index contributed by atoms with van der Waals surface area (Å²) < 4.78 is 46.9. The lowest BCUT2D eigenvalue weighted by Crippen LogP contribution is -2.14. The zero-order chi connectivity index (χ0) is 19.7. The Morgan fingerprint density at radius 2 is 1.82 bits per heavy atom. The standard InChI is InChI=1S/C20H18FN3O3S/c1-27-15-6-8-16(9-7-15)28(25,26)24-18-4-2-3-13-12-22-19-11-14(21)5-10-17(19)23-20(13)18/h2-11,22-24H,12H2,1H3. The fourth-order valence-electron chi connectivity index (χ4n) is 3.04. The molecule has 28 heavy (non-hydrogen) atoms. The molecule has 3 aromatic carbocycles. The van der Waals surface area contributed by atoms with Crippen LogP contribution in [0.1, 0.15) is 5.56 Å². The average Bonchev–Trinajstić information content (AvgIpc) is 2.88. The summed E-state index contributed by atoms with van der Waals surface area (Å²) in [7, 11) is -2.28. The number of anilines is 4. The second-order valence-electron chi connectivity index (χ2n) is 6.29. The van der Waals surface area contributed by atoms with E-state index in [1.54, 1.807) is 30.3 Å². The smallest absolute Gasteiger partial charge is 0.261 e. The first kappa shape index (κ1) is 18.1. The highest BCUT2D eigenvalue weighted by Gasteiger charge is 2.20. The van der Waals surface area contributed by atoms with Crippen molar-refractivity contribution in [3.63, 3.8) is 0 Å². The van der Waals surface area contributed by atoms with Crippen molar-refractivity contribution in [2.45, 2.75) is 11.4 Å². The van der Waals surface area contributed by atoms with Crippen LogP contribution in [0, 0.1) is 5.82 Å². The number of ether oxygens (including phenoxy) is 1. The van der Waals surface area contributed by atoms with Gasteiger partial charge in [0.15, 0.2) is 0 Å². The second-order valence-corrected chi connectivity index (χ2v) is 7.97. The van der Waals surface area contributed by atoms with Crippen LogP contribution in [0.15, 0.2) is 65.6 Å². The number of rotatable bonds is 4. The minimum absolute atomic E-state index is 0.125. The van der Waals surface area contributed by atoms with Crippen molar-refractivity contribution in [3.8, 4) is 5.75 Å². The summed E-state index contributed by atoms with van der Waals surface area (Å²) in [5, 5.41) is 6.38. The van der Waals surface area contributed by atoms with Crippen molar-refractivity contribution in [2.24, 2.45) is 0 Å². The molecule has 0 saturated carbocycles. The number of para-hydroxylation sites is 1.